The Morgan fingerprint density at radius 3 is 2.74 bits per heavy atom. The fourth-order valence-corrected chi connectivity index (χ4v) is 2.81. The van der Waals surface area contributed by atoms with E-state index in [-0.39, 0.29) is 12.1 Å². The zero-order valence-corrected chi connectivity index (χ0v) is 14.0. The Hall–Kier alpha value is -1.95. The molecule has 0 bridgehead atoms. The first kappa shape index (κ1) is 15.9. The van der Waals surface area contributed by atoms with Crippen molar-refractivity contribution in [1.82, 2.24) is 20.0 Å². The summed E-state index contributed by atoms with van der Waals surface area (Å²) in [6.07, 6.45) is 4.83. The van der Waals surface area contributed by atoms with Crippen LogP contribution in [0.25, 0.3) is 0 Å². The summed E-state index contributed by atoms with van der Waals surface area (Å²) < 4.78 is 11.3. The lowest BCUT2D eigenvalue weighted by Crippen LogP contribution is -2.39. The van der Waals surface area contributed by atoms with Crippen LogP contribution in [0.4, 0.5) is 0 Å². The van der Waals surface area contributed by atoms with E-state index in [0.29, 0.717) is 11.8 Å². The Bertz CT molecular complexity index is 618. The van der Waals surface area contributed by atoms with Gasteiger partial charge in [0.05, 0.1) is 6.04 Å². The molecule has 0 radical (unpaired) electrons. The smallest absolute Gasteiger partial charge is 0.243 e. The summed E-state index contributed by atoms with van der Waals surface area (Å²) >= 11 is 0. The quantitative estimate of drug-likeness (QED) is 0.845. The first-order chi connectivity index (χ1) is 11.2. The molecule has 6 heteroatoms. The van der Waals surface area contributed by atoms with Gasteiger partial charge in [0.1, 0.15) is 6.10 Å². The fourth-order valence-electron chi connectivity index (χ4n) is 2.81. The molecule has 0 spiro atoms. The van der Waals surface area contributed by atoms with E-state index in [0.717, 1.165) is 43.7 Å². The zero-order valence-electron chi connectivity index (χ0n) is 14.0. The van der Waals surface area contributed by atoms with Gasteiger partial charge in [0.25, 0.3) is 0 Å². The molecule has 1 saturated heterocycles. The SMILES string of the molecule is CCc1noc(C(C)N2CCC(Oc3ccc(C)cn3)CC2)n1. The topological polar surface area (TPSA) is 64.3 Å². The Morgan fingerprint density at radius 2 is 2.13 bits per heavy atom. The molecule has 1 atom stereocenters. The Labute approximate surface area is 136 Å². The van der Waals surface area contributed by atoms with Crippen molar-refractivity contribution in [2.24, 2.45) is 0 Å². The number of aryl methyl sites for hydroxylation is 2. The third-order valence-electron chi connectivity index (χ3n) is 4.35. The van der Waals surface area contributed by atoms with Crippen molar-refractivity contribution in [3.05, 3.63) is 35.6 Å². The minimum Gasteiger partial charge on any atom is -0.474 e. The average Bonchev–Trinajstić information content (AvgIpc) is 3.06. The lowest BCUT2D eigenvalue weighted by molar-refractivity contribution is 0.0675. The summed E-state index contributed by atoms with van der Waals surface area (Å²) in [6, 6.07) is 4.12. The molecule has 1 unspecified atom stereocenters. The molecular weight excluding hydrogens is 292 g/mol. The predicted molar refractivity (Wildman–Crippen MR) is 86.3 cm³/mol. The standard InChI is InChI=1S/C17H24N4O2/c1-4-15-19-17(23-20-15)13(3)21-9-7-14(8-10-21)22-16-6-5-12(2)11-18-16/h5-6,11,13-14H,4,7-10H2,1-3H3. The third-order valence-corrected chi connectivity index (χ3v) is 4.35. The highest BCUT2D eigenvalue weighted by Crippen LogP contribution is 2.25. The highest BCUT2D eigenvalue weighted by molar-refractivity contribution is 5.16. The van der Waals surface area contributed by atoms with Gasteiger partial charge in [-0.2, -0.15) is 4.98 Å². The molecule has 0 N–H and O–H groups in total. The zero-order chi connectivity index (χ0) is 16.2. The summed E-state index contributed by atoms with van der Waals surface area (Å²) in [6.45, 7) is 8.10. The van der Waals surface area contributed by atoms with E-state index in [1.807, 2.05) is 32.2 Å². The molecular formula is C17H24N4O2. The van der Waals surface area contributed by atoms with E-state index in [2.05, 4.69) is 26.9 Å². The van der Waals surface area contributed by atoms with E-state index < -0.39 is 0 Å². The molecule has 0 aliphatic carbocycles. The van der Waals surface area contributed by atoms with Gasteiger partial charge in [0, 0.05) is 31.8 Å². The number of aromatic nitrogens is 3. The molecule has 0 aromatic carbocycles. The van der Waals surface area contributed by atoms with Gasteiger partial charge in [-0.05, 0) is 32.3 Å². The van der Waals surface area contributed by atoms with Crippen LogP contribution in [0.5, 0.6) is 5.88 Å². The van der Waals surface area contributed by atoms with Crippen molar-refractivity contribution in [3.8, 4) is 5.88 Å². The van der Waals surface area contributed by atoms with Crippen molar-refractivity contribution in [1.29, 1.82) is 0 Å². The van der Waals surface area contributed by atoms with Crippen LogP contribution in [0.3, 0.4) is 0 Å². The third kappa shape index (κ3) is 3.88. The van der Waals surface area contributed by atoms with Crippen LogP contribution in [0.1, 0.15) is 50.0 Å². The lowest BCUT2D eigenvalue weighted by Gasteiger charge is -2.34. The van der Waals surface area contributed by atoms with Crippen LogP contribution in [-0.2, 0) is 6.42 Å². The Morgan fingerprint density at radius 1 is 1.35 bits per heavy atom. The second kappa shape index (κ2) is 7.08. The van der Waals surface area contributed by atoms with E-state index in [1.165, 1.54) is 0 Å². The van der Waals surface area contributed by atoms with Crippen LogP contribution < -0.4 is 4.74 Å². The molecule has 6 nitrogen and oxygen atoms in total. The maximum absolute atomic E-state index is 5.98. The molecule has 0 saturated carbocycles. The van der Waals surface area contributed by atoms with Gasteiger partial charge in [-0.15, -0.1) is 0 Å². The number of hydrogen-bond donors (Lipinski definition) is 0. The molecule has 2 aromatic heterocycles. The summed E-state index contributed by atoms with van der Waals surface area (Å²) in [7, 11) is 0. The molecule has 1 fully saturated rings. The van der Waals surface area contributed by atoms with Gasteiger partial charge >= 0.3 is 0 Å². The van der Waals surface area contributed by atoms with Gasteiger partial charge in [-0.25, -0.2) is 4.98 Å². The second-order valence-electron chi connectivity index (χ2n) is 6.11. The minimum atomic E-state index is 0.154. The summed E-state index contributed by atoms with van der Waals surface area (Å²) in [4.78, 5) is 11.1. The first-order valence-electron chi connectivity index (χ1n) is 8.31. The number of piperidine rings is 1. The molecule has 1 aliphatic rings. The molecule has 1 aliphatic heterocycles. The number of likely N-dealkylation sites (tertiary alicyclic amines) is 1. The summed E-state index contributed by atoms with van der Waals surface area (Å²) in [5, 5.41) is 3.98. The van der Waals surface area contributed by atoms with Crippen molar-refractivity contribution in [2.45, 2.75) is 52.2 Å². The van der Waals surface area contributed by atoms with Crippen LogP contribution in [0, 0.1) is 6.92 Å². The van der Waals surface area contributed by atoms with Crippen LogP contribution >= 0.6 is 0 Å². The van der Waals surface area contributed by atoms with Crippen LogP contribution in [0.15, 0.2) is 22.9 Å². The highest BCUT2D eigenvalue weighted by atomic mass is 16.5. The fraction of sp³-hybridized carbons (Fsp3) is 0.588. The van der Waals surface area contributed by atoms with Gasteiger partial charge in [0.2, 0.25) is 11.8 Å². The molecule has 0 amide bonds. The molecule has 2 aromatic rings. The van der Waals surface area contributed by atoms with Crippen molar-refractivity contribution < 1.29 is 9.26 Å². The second-order valence-corrected chi connectivity index (χ2v) is 6.11. The molecule has 3 rings (SSSR count). The minimum absolute atomic E-state index is 0.154. The van der Waals surface area contributed by atoms with Crippen LogP contribution in [-0.4, -0.2) is 39.2 Å². The van der Waals surface area contributed by atoms with E-state index in [9.17, 15) is 0 Å². The van der Waals surface area contributed by atoms with E-state index in [4.69, 9.17) is 9.26 Å². The van der Waals surface area contributed by atoms with Crippen molar-refractivity contribution >= 4 is 0 Å². The van der Waals surface area contributed by atoms with Gasteiger partial charge < -0.3 is 9.26 Å². The monoisotopic (exact) mass is 316 g/mol. The van der Waals surface area contributed by atoms with E-state index >= 15 is 0 Å². The van der Waals surface area contributed by atoms with E-state index in [1.54, 1.807) is 0 Å². The predicted octanol–water partition coefficient (Wildman–Crippen LogP) is 2.94. The average molecular weight is 316 g/mol. The normalized spacial score (nSPS) is 18.0. The maximum atomic E-state index is 5.98. The van der Waals surface area contributed by atoms with Crippen molar-refractivity contribution in [3.63, 3.8) is 0 Å². The Kier molecular flexibility index (Phi) is 4.91. The number of hydrogen-bond acceptors (Lipinski definition) is 6. The summed E-state index contributed by atoms with van der Waals surface area (Å²) in [5.74, 6) is 2.20. The number of ether oxygens (including phenoxy) is 1. The number of rotatable bonds is 5. The van der Waals surface area contributed by atoms with Gasteiger partial charge in [-0.3, -0.25) is 4.90 Å². The molecule has 124 valence electrons. The highest BCUT2D eigenvalue weighted by Gasteiger charge is 2.27. The van der Waals surface area contributed by atoms with Gasteiger partial charge in [0.15, 0.2) is 5.82 Å². The van der Waals surface area contributed by atoms with Crippen LogP contribution in [0.2, 0.25) is 0 Å². The molecule has 3 heterocycles. The number of pyridine rings is 1. The Balaban J connectivity index is 1.52. The number of nitrogens with zero attached hydrogens (tertiary/aromatic N) is 4. The first-order valence-corrected chi connectivity index (χ1v) is 8.31. The van der Waals surface area contributed by atoms with Crippen molar-refractivity contribution in [2.75, 3.05) is 13.1 Å². The lowest BCUT2D eigenvalue weighted by atomic mass is 10.1. The largest absolute Gasteiger partial charge is 0.474 e. The molecule has 23 heavy (non-hydrogen) atoms. The summed E-state index contributed by atoms with van der Waals surface area (Å²) in [5.41, 5.74) is 1.15. The maximum Gasteiger partial charge on any atom is 0.243 e. The van der Waals surface area contributed by atoms with Gasteiger partial charge in [-0.1, -0.05) is 18.1 Å².